The molecule has 2 aromatic rings. The quantitative estimate of drug-likeness (QED) is 0.735. The fraction of sp³-hybridized carbons (Fsp3) is 0.318. The van der Waals surface area contributed by atoms with Crippen molar-refractivity contribution in [2.24, 2.45) is 0 Å². The number of anilines is 1. The smallest absolute Gasteiger partial charge is 0.338 e. The molecule has 0 spiro atoms. The molecule has 3 rings (SSSR count). The third kappa shape index (κ3) is 4.73. The summed E-state index contributed by atoms with van der Waals surface area (Å²) in [5, 5.41) is 8.83. The molecule has 1 aliphatic rings. The number of nitriles is 1. The molecule has 0 bridgehead atoms. The minimum Gasteiger partial charge on any atom is -0.452 e. The van der Waals surface area contributed by atoms with Crippen LogP contribution in [0.3, 0.4) is 0 Å². The van der Waals surface area contributed by atoms with E-state index in [9.17, 15) is 9.59 Å². The third-order valence-corrected chi connectivity index (χ3v) is 4.73. The number of benzene rings is 2. The van der Waals surface area contributed by atoms with Crippen molar-refractivity contribution in [3.05, 3.63) is 65.2 Å². The first-order valence-electron chi connectivity index (χ1n) is 9.20. The molecule has 27 heavy (non-hydrogen) atoms. The van der Waals surface area contributed by atoms with Gasteiger partial charge >= 0.3 is 5.97 Å². The predicted octanol–water partition coefficient (Wildman–Crippen LogP) is 3.67. The van der Waals surface area contributed by atoms with Crippen molar-refractivity contribution in [2.75, 3.05) is 18.1 Å². The third-order valence-electron chi connectivity index (χ3n) is 4.73. The van der Waals surface area contributed by atoms with E-state index >= 15 is 0 Å². The number of esters is 1. The summed E-state index contributed by atoms with van der Waals surface area (Å²) in [5.41, 5.74) is 3.65. The molecule has 5 nitrogen and oxygen atoms in total. The molecule has 138 valence electrons. The molecule has 0 unspecified atom stereocenters. The molecule has 0 N–H and O–H groups in total. The van der Waals surface area contributed by atoms with Gasteiger partial charge in [0.1, 0.15) is 0 Å². The first-order valence-corrected chi connectivity index (χ1v) is 9.20. The van der Waals surface area contributed by atoms with Crippen LogP contribution in [0.15, 0.2) is 48.5 Å². The summed E-state index contributed by atoms with van der Waals surface area (Å²) in [6, 6.07) is 16.7. The number of carbonyl (C=O) groups is 2. The molecule has 1 aliphatic carbocycles. The van der Waals surface area contributed by atoms with Gasteiger partial charge in [0.15, 0.2) is 6.61 Å². The van der Waals surface area contributed by atoms with Crippen LogP contribution in [0.5, 0.6) is 0 Å². The summed E-state index contributed by atoms with van der Waals surface area (Å²) in [6.45, 7) is -0.0913. The number of nitrogens with zero attached hydrogens (tertiary/aromatic N) is 2. The van der Waals surface area contributed by atoms with E-state index in [1.165, 1.54) is 22.4 Å². The summed E-state index contributed by atoms with van der Waals surface area (Å²) in [5.74, 6) is -0.840. The summed E-state index contributed by atoms with van der Waals surface area (Å²) in [4.78, 5) is 26.4. The van der Waals surface area contributed by atoms with Crippen molar-refractivity contribution >= 4 is 17.6 Å². The molecule has 0 aliphatic heterocycles. The molecule has 0 aromatic heterocycles. The lowest BCUT2D eigenvalue weighted by Crippen LogP contribution is -2.35. The Balaban J connectivity index is 1.64. The van der Waals surface area contributed by atoms with Gasteiger partial charge < -0.3 is 9.64 Å². The summed E-state index contributed by atoms with van der Waals surface area (Å²) in [7, 11) is 0. The Bertz CT molecular complexity index is 856. The largest absolute Gasteiger partial charge is 0.452 e. The second-order valence-corrected chi connectivity index (χ2v) is 6.56. The zero-order chi connectivity index (χ0) is 19.1. The first kappa shape index (κ1) is 18.7. The molecular weight excluding hydrogens is 340 g/mol. The van der Waals surface area contributed by atoms with Gasteiger partial charge in [0.2, 0.25) is 0 Å². The Hall–Kier alpha value is -3.13. The van der Waals surface area contributed by atoms with E-state index < -0.39 is 5.97 Å². The van der Waals surface area contributed by atoms with Crippen molar-refractivity contribution in [3.63, 3.8) is 0 Å². The van der Waals surface area contributed by atoms with E-state index in [0.717, 1.165) is 19.3 Å². The number of para-hydroxylation sites is 1. The number of ether oxygens (including phenoxy) is 1. The number of fused-ring (bicyclic) bond motifs is 1. The number of hydrogen-bond donors (Lipinski definition) is 0. The summed E-state index contributed by atoms with van der Waals surface area (Å²) in [6.07, 6.45) is 4.55. The van der Waals surface area contributed by atoms with Gasteiger partial charge in [-0.25, -0.2) is 4.79 Å². The number of amides is 1. The molecule has 0 atom stereocenters. The van der Waals surface area contributed by atoms with Crippen LogP contribution in [0, 0.1) is 11.3 Å². The Morgan fingerprint density at radius 1 is 1.04 bits per heavy atom. The van der Waals surface area contributed by atoms with Crippen LogP contribution in [0.4, 0.5) is 5.69 Å². The minimum absolute atomic E-state index is 0.208. The highest BCUT2D eigenvalue weighted by molar-refractivity contribution is 5.97. The van der Waals surface area contributed by atoms with Crippen molar-refractivity contribution in [1.29, 1.82) is 5.26 Å². The maximum absolute atomic E-state index is 12.6. The van der Waals surface area contributed by atoms with Gasteiger partial charge in [0.25, 0.3) is 5.91 Å². The van der Waals surface area contributed by atoms with Crippen LogP contribution in [-0.2, 0) is 22.4 Å². The average Bonchev–Trinajstić information content (AvgIpc) is 2.72. The maximum atomic E-state index is 12.6. The number of hydrogen-bond acceptors (Lipinski definition) is 4. The molecule has 2 aromatic carbocycles. The van der Waals surface area contributed by atoms with Crippen LogP contribution < -0.4 is 4.90 Å². The summed E-state index contributed by atoms with van der Waals surface area (Å²) < 4.78 is 5.25. The first-order chi connectivity index (χ1) is 13.2. The van der Waals surface area contributed by atoms with Gasteiger partial charge in [-0.15, -0.1) is 0 Å². The van der Waals surface area contributed by atoms with E-state index in [1.807, 2.05) is 36.4 Å². The normalized spacial score (nSPS) is 12.6. The SMILES string of the molecule is N#CCCN(C(=O)COC(=O)c1ccc2c(c1)CCCC2)c1ccccc1. The van der Waals surface area contributed by atoms with E-state index in [-0.39, 0.29) is 25.5 Å². The topological polar surface area (TPSA) is 70.4 Å². The predicted molar refractivity (Wildman–Crippen MR) is 102 cm³/mol. The lowest BCUT2D eigenvalue weighted by atomic mass is 9.90. The van der Waals surface area contributed by atoms with E-state index in [1.54, 1.807) is 18.2 Å². The zero-order valence-corrected chi connectivity index (χ0v) is 15.2. The lowest BCUT2D eigenvalue weighted by Gasteiger charge is -2.21. The van der Waals surface area contributed by atoms with Gasteiger partial charge in [-0.05, 0) is 61.1 Å². The minimum atomic E-state index is -0.495. The van der Waals surface area contributed by atoms with Crippen molar-refractivity contribution in [2.45, 2.75) is 32.1 Å². The second-order valence-electron chi connectivity index (χ2n) is 6.56. The van der Waals surface area contributed by atoms with Gasteiger partial charge in [-0.2, -0.15) is 5.26 Å². The Morgan fingerprint density at radius 3 is 2.52 bits per heavy atom. The number of carbonyl (C=O) groups excluding carboxylic acids is 2. The van der Waals surface area contributed by atoms with Gasteiger partial charge in [0, 0.05) is 12.2 Å². The lowest BCUT2D eigenvalue weighted by molar-refractivity contribution is -0.121. The monoisotopic (exact) mass is 362 g/mol. The van der Waals surface area contributed by atoms with E-state index in [2.05, 4.69) is 0 Å². The molecule has 1 amide bonds. The Labute approximate surface area is 159 Å². The Kier molecular flexibility index (Phi) is 6.22. The molecule has 0 saturated heterocycles. The van der Waals surface area contributed by atoms with Crippen LogP contribution in [-0.4, -0.2) is 25.0 Å². The molecule has 0 fully saturated rings. The summed E-state index contributed by atoms with van der Waals surface area (Å²) >= 11 is 0. The highest BCUT2D eigenvalue weighted by Crippen LogP contribution is 2.22. The van der Waals surface area contributed by atoms with Crippen LogP contribution in [0.25, 0.3) is 0 Å². The highest BCUT2D eigenvalue weighted by Gasteiger charge is 2.19. The molecule has 5 heteroatoms. The number of aryl methyl sites for hydroxylation is 2. The highest BCUT2D eigenvalue weighted by atomic mass is 16.5. The number of rotatable bonds is 6. The fourth-order valence-electron chi connectivity index (χ4n) is 3.32. The molecule has 0 saturated carbocycles. The fourth-order valence-corrected chi connectivity index (χ4v) is 3.32. The molecular formula is C22H22N2O3. The van der Waals surface area contributed by atoms with E-state index in [0.29, 0.717) is 11.3 Å². The van der Waals surface area contributed by atoms with Crippen molar-refractivity contribution in [3.8, 4) is 6.07 Å². The van der Waals surface area contributed by atoms with E-state index in [4.69, 9.17) is 10.00 Å². The van der Waals surface area contributed by atoms with Crippen LogP contribution in [0.2, 0.25) is 0 Å². The van der Waals surface area contributed by atoms with Gasteiger partial charge in [0.05, 0.1) is 18.1 Å². The van der Waals surface area contributed by atoms with Gasteiger partial charge in [-0.1, -0.05) is 24.3 Å². The average molecular weight is 362 g/mol. The maximum Gasteiger partial charge on any atom is 0.338 e. The van der Waals surface area contributed by atoms with Crippen molar-refractivity contribution < 1.29 is 14.3 Å². The second kappa shape index (κ2) is 9.00. The zero-order valence-electron chi connectivity index (χ0n) is 15.2. The molecule has 0 radical (unpaired) electrons. The van der Waals surface area contributed by atoms with Gasteiger partial charge in [-0.3, -0.25) is 4.79 Å². The van der Waals surface area contributed by atoms with Crippen molar-refractivity contribution in [1.82, 2.24) is 0 Å². The Morgan fingerprint density at radius 2 is 1.78 bits per heavy atom. The van der Waals surface area contributed by atoms with Crippen LogP contribution >= 0.6 is 0 Å². The van der Waals surface area contributed by atoms with Crippen LogP contribution in [0.1, 0.15) is 40.7 Å². The molecule has 0 heterocycles. The standard InChI is InChI=1S/C22H22N2O3/c23-13-6-14-24(20-9-2-1-3-10-20)21(25)16-27-22(26)19-12-11-17-7-4-5-8-18(17)15-19/h1-3,9-12,15H,4-8,14,16H2.